The number of rotatable bonds is 3. The fourth-order valence-corrected chi connectivity index (χ4v) is 0.903. The van der Waals surface area contributed by atoms with Crippen molar-refractivity contribution in [3.05, 3.63) is 0 Å². The van der Waals surface area contributed by atoms with E-state index in [2.05, 4.69) is 0 Å². The Hall–Kier alpha value is -0.600. The van der Waals surface area contributed by atoms with E-state index in [9.17, 15) is 9.18 Å². The Morgan fingerprint density at radius 2 is 2.22 bits per heavy atom. The van der Waals surface area contributed by atoms with Gasteiger partial charge in [0.15, 0.2) is 0 Å². The van der Waals surface area contributed by atoms with Crippen molar-refractivity contribution < 1.29 is 14.3 Å². The predicted molar refractivity (Wildman–Crippen MR) is 29.9 cm³/mol. The molecule has 0 bridgehead atoms. The van der Waals surface area contributed by atoms with Crippen molar-refractivity contribution in [2.45, 2.75) is 19.3 Å². The second-order valence-corrected chi connectivity index (χ2v) is 2.52. The van der Waals surface area contributed by atoms with Gasteiger partial charge in [0, 0.05) is 0 Å². The maximum absolute atomic E-state index is 11.6. The summed E-state index contributed by atoms with van der Waals surface area (Å²) in [5.41, 5.74) is -0.658. The van der Waals surface area contributed by atoms with Crippen LogP contribution < -0.4 is 0 Å². The molecule has 1 fully saturated rings. The Kier molecular flexibility index (Phi) is 1.43. The molecule has 1 aliphatic rings. The first-order chi connectivity index (χ1) is 4.21. The van der Waals surface area contributed by atoms with Crippen LogP contribution in [0.3, 0.4) is 0 Å². The van der Waals surface area contributed by atoms with Crippen LogP contribution in [0.2, 0.25) is 0 Å². The van der Waals surface area contributed by atoms with Gasteiger partial charge < -0.3 is 5.11 Å². The summed E-state index contributed by atoms with van der Waals surface area (Å²) in [6, 6.07) is 0. The third kappa shape index (κ3) is 1.04. The zero-order chi connectivity index (χ0) is 6.91. The molecule has 0 aromatic carbocycles. The van der Waals surface area contributed by atoms with Gasteiger partial charge in [-0.1, -0.05) is 0 Å². The number of carboxylic acids is 1. The third-order valence-corrected chi connectivity index (χ3v) is 1.88. The van der Waals surface area contributed by atoms with Crippen LogP contribution in [0.4, 0.5) is 4.39 Å². The number of carboxylic acid groups (broad SMARTS) is 1. The van der Waals surface area contributed by atoms with E-state index in [1.54, 1.807) is 0 Å². The van der Waals surface area contributed by atoms with E-state index in [-0.39, 0.29) is 6.42 Å². The van der Waals surface area contributed by atoms with E-state index >= 15 is 0 Å². The highest BCUT2D eigenvalue weighted by Gasteiger charge is 2.49. The Labute approximate surface area is 52.7 Å². The number of carbonyl (C=O) groups is 1. The lowest BCUT2D eigenvalue weighted by atomic mass is 10.0. The summed E-state index contributed by atoms with van der Waals surface area (Å²) in [4.78, 5) is 10.3. The molecule has 0 aromatic heterocycles. The second-order valence-electron chi connectivity index (χ2n) is 2.52. The van der Waals surface area contributed by atoms with Crippen molar-refractivity contribution in [3.63, 3.8) is 0 Å². The second kappa shape index (κ2) is 1.97. The van der Waals surface area contributed by atoms with Gasteiger partial charge in [0.05, 0.1) is 12.1 Å². The van der Waals surface area contributed by atoms with E-state index < -0.39 is 18.1 Å². The van der Waals surface area contributed by atoms with Crippen molar-refractivity contribution in [2.24, 2.45) is 5.41 Å². The van der Waals surface area contributed by atoms with Crippen molar-refractivity contribution in [1.29, 1.82) is 0 Å². The molecule has 1 aliphatic carbocycles. The zero-order valence-corrected chi connectivity index (χ0v) is 5.06. The molecule has 1 rings (SSSR count). The first-order valence-electron chi connectivity index (χ1n) is 3.01. The van der Waals surface area contributed by atoms with Gasteiger partial charge in [0.1, 0.15) is 0 Å². The average molecular weight is 132 g/mol. The van der Waals surface area contributed by atoms with Gasteiger partial charge in [0.25, 0.3) is 0 Å². The number of hydrogen-bond donors (Lipinski definition) is 1. The lowest BCUT2D eigenvalue weighted by Crippen LogP contribution is -2.14. The van der Waals surface area contributed by atoms with Crippen LogP contribution in [0.1, 0.15) is 19.3 Å². The lowest BCUT2D eigenvalue weighted by molar-refractivity contribution is -0.143. The van der Waals surface area contributed by atoms with Crippen molar-refractivity contribution >= 4 is 5.97 Å². The first-order valence-corrected chi connectivity index (χ1v) is 3.01. The molecular formula is C6H9FO2. The molecule has 0 spiro atoms. The smallest absolute Gasteiger partial charge is 0.309 e. The minimum absolute atomic E-state index is 0.197. The number of alkyl halides is 1. The maximum Gasteiger partial charge on any atom is 0.309 e. The van der Waals surface area contributed by atoms with Crippen LogP contribution >= 0.6 is 0 Å². The Balaban J connectivity index is 2.43. The molecule has 52 valence electrons. The van der Waals surface area contributed by atoms with Gasteiger partial charge in [-0.05, 0) is 19.3 Å². The summed E-state index contributed by atoms with van der Waals surface area (Å²) in [7, 11) is 0. The normalized spacial score (nSPS) is 21.4. The van der Waals surface area contributed by atoms with Crippen molar-refractivity contribution in [2.75, 3.05) is 6.67 Å². The van der Waals surface area contributed by atoms with Crippen LogP contribution in [-0.2, 0) is 4.79 Å². The molecule has 0 aliphatic heterocycles. The molecule has 1 saturated carbocycles. The number of hydrogen-bond acceptors (Lipinski definition) is 1. The zero-order valence-electron chi connectivity index (χ0n) is 5.06. The summed E-state index contributed by atoms with van der Waals surface area (Å²) in [6.45, 7) is -0.508. The number of halogens is 1. The molecule has 3 heteroatoms. The molecule has 9 heavy (non-hydrogen) atoms. The van der Waals surface area contributed by atoms with Gasteiger partial charge in [-0.15, -0.1) is 0 Å². The summed E-state index contributed by atoms with van der Waals surface area (Å²) < 4.78 is 11.6. The van der Waals surface area contributed by atoms with E-state index in [1.165, 1.54) is 0 Å². The first kappa shape index (κ1) is 6.52. The lowest BCUT2D eigenvalue weighted by Gasteiger charge is -2.03. The Morgan fingerprint density at radius 1 is 1.67 bits per heavy atom. The molecule has 1 N–H and O–H groups in total. The Morgan fingerprint density at radius 3 is 2.33 bits per heavy atom. The van der Waals surface area contributed by atoms with Crippen LogP contribution in [0, 0.1) is 5.41 Å². The van der Waals surface area contributed by atoms with E-state index in [0.717, 1.165) is 0 Å². The summed E-state index contributed by atoms with van der Waals surface area (Å²) >= 11 is 0. The summed E-state index contributed by atoms with van der Waals surface area (Å²) in [6.07, 6.45) is 1.51. The molecule has 0 atom stereocenters. The fraction of sp³-hybridized carbons (Fsp3) is 0.833. The van der Waals surface area contributed by atoms with E-state index in [4.69, 9.17) is 5.11 Å². The van der Waals surface area contributed by atoms with E-state index in [0.29, 0.717) is 12.8 Å². The highest BCUT2D eigenvalue weighted by atomic mass is 19.1. The fourth-order valence-electron chi connectivity index (χ4n) is 0.903. The molecule has 0 amide bonds. The van der Waals surface area contributed by atoms with Crippen LogP contribution in [0.15, 0.2) is 0 Å². The van der Waals surface area contributed by atoms with E-state index in [1.807, 2.05) is 0 Å². The largest absolute Gasteiger partial charge is 0.481 e. The van der Waals surface area contributed by atoms with Gasteiger partial charge >= 0.3 is 5.97 Å². The summed E-state index contributed by atoms with van der Waals surface area (Å²) in [5, 5.41) is 8.47. The molecule has 0 heterocycles. The SMILES string of the molecule is O=C(O)C1(CCF)CC1. The predicted octanol–water partition coefficient (Wildman–Crippen LogP) is 1.21. The van der Waals surface area contributed by atoms with Crippen molar-refractivity contribution in [3.8, 4) is 0 Å². The third-order valence-electron chi connectivity index (χ3n) is 1.88. The monoisotopic (exact) mass is 132 g/mol. The molecule has 0 aromatic rings. The molecule has 0 saturated heterocycles. The highest BCUT2D eigenvalue weighted by molar-refractivity contribution is 5.77. The summed E-state index contributed by atoms with van der Waals surface area (Å²) in [5.74, 6) is -0.833. The average Bonchev–Trinajstić information content (AvgIpc) is 2.49. The van der Waals surface area contributed by atoms with Crippen LogP contribution in [0.5, 0.6) is 0 Å². The standard InChI is InChI=1S/C6H9FO2/c7-4-3-6(1-2-6)5(8)9/h1-4H2,(H,8,9). The van der Waals surface area contributed by atoms with Crippen molar-refractivity contribution in [1.82, 2.24) is 0 Å². The molecule has 2 nitrogen and oxygen atoms in total. The number of aliphatic carboxylic acids is 1. The quantitative estimate of drug-likeness (QED) is 0.626. The molecule has 0 unspecified atom stereocenters. The Bertz CT molecular complexity index is 129. The maximum atomic E-state index is 11.6. The van der Waals surface area contributed by atoms with Gasteiger partial charge in [-0.25, -0.2) is 0 Å². The van der Waals surface area contributed by atoms with Crippen LogP contribution in [-0.4, -0.2) is 17.8 Å². The van der Waals surface area contributed by atoms with Gasteiger partial charge in [-0.3, -0.25) is 9.18 Å². The topological polar surface area (TPSA) is 37.3 Å². The highest BCUT2D eigenvalue weighted by Crippen LogP contribution is 2.48. The van der Waals surface area contributed by atoms with Crippen LogP contribution in [0.25, 0.3) is 0 Å². The minimum atomic E-state index is -0.833. The van der Waals surface area contributed by atoms with Gasteiger partial charge in [0.2, 0.25) is 0 Å². The molecule has 0 radical (unpaired) electrons. The van der Waals surface area contributed by atoms with Gasteiger partial charge in [-0.2, -0.15) is 0 Å². The minimum Gasteiger partial charge on any atom is -0.481 e. The molecular weight excluding hydrogens is 123 g/mol.